The van der Waals surface area contributed by atoms with Crippen molar-refractivity contribution < 1.29 is 23.7 Å². The molecule has 0 spiro atoms. The molecule has 3 aromatic carbocycles. The van der Waals surface area contributed by atoms with Crippen LogP contribution in [0, 0.1) is 0 Å². The number of carbonyl (C=O) groups is 1. The largest absolute Gasteiger partial charge is 0.497 e. The molecule has 5 nitrogen and oxygen atoms in total. The molecular weight excluding hydrogens is 399 g/mol. The van der Waals surface area contributed by atoms with Crippen LogP contribution < -0.4 is 30.1 Å². The van der Waals surface area contributed by atoms with Crippen LogP contribution in [0.4, 0.5) is 0 Å². The first-order chi connectivity index (χ1) is 14.6. The molecule has 3 aromatic rings. The topological polar surface area (TPSA) is 54.0 Å². The van der Waals surface area contributed by atoms with Gasteiger partial charge in [0, 0.05) is 5.80 Å². The second kappa shape index (κ2) is 9.55. The Morgan fingerprint density at radius 1 is 0.600 bits per heavy atom. The molecule has 0 atom stereocenters. The quantitative estimate of drug-likeness (QED) is 0.431. The summed E-state index contributed by atoms with van der Waals surface area (Å²) < 4.78 is 21.1. The molecule has 0 radical (unpaired) electrons. The first-order valence-electron chi connectivity index (χ1n) is 9.34. The molecule has 0 bridgehead atoms. The molecule has 0 aromatic heterocycles. The first-order valence-corrected chi connectivity index (χ1v) is 11.2. The summed E-state index contributed by atoms with van der Waals surface area (Å²) >= 11 is 0. The van der Waals surface area contributed by atoms with Gasteiger partial charge in [0.05, 0.1) is 28.4 Å². The van der Waals surface area contributed by atoms with Gasteiger partial charge in [0.25, 0.3) is 0 Å². The SMILES string of the molecule is COC(=O)C=P(c1ccc(OC)cc1)(c1ccc(OC)cc1)c1ccc(OC)cc1. The fraction of sp³-hybridized carbons (Fsp3) is 0.167. The van der Waals surface area contributed by atoms with E-state index in [1.54, 1.807) is 27.1 Å². The molecule has 0 unspecified atom stereocenters. The number of hydrogen-bond acceptors (Lipinski definition) is 5. The minimum absolute atomic E-state index is 0.384. The third-order valence-electron chi connectivity index (χ3n) is 4.94. The monoisotopic (exact) mass is 424 g/mol. The van der Waals surface area contributed by atoms with Gasteiger partial charge in [-0.1, -0.05) is 36.4 Å². The van der Waals surface area contributed by atoms with Crippen molar-refractivity contribution in [3.63, 3.8) is 0 Å². The van der Waals surface area contributed by atoms with Crippen molar-refractivity contribution in [3.05, 3.63) is 72.8 Å². The van der Waals surface area contributed by atoms with Gasteiger partial charge in [0.2, 0.25) is 0 Å². The minimum Gasteiger partial charge on any atom is -0.497 e. The summed E-state index contributed by atoms with van der Waals surface area (Å²) in [6.07, 6.45) is 0. The number of benzene rings is 3. The molecule has 0 saturated carbocycles. The van der Waals surface area contributed by atoms with Gasteiger partial charge in [0.1, 0.15) is 17.2 Å². The van der Waals surface area contributed by atoms with Gasteiger partial charge >= 0.3 is 5.97 Å². The molecule has 0 saturated heterocycles. The van der Waals surface area contributed by atoms with Crippen LogP contribution in [0.25, 0.3) is 0 Å². The van der Waals surface area contributed by atoms with Gasteiger partial charge in [-0.2, -0.15) is 0 Å². The summed E-state index contributed by atoms with van der Waals surface area (Å²) in [6, 6.07) is 23.4. The number of esters is 1. The molecule has 156 valence electrons. The lowest BCUT2D eigenvalue weighted by Gasteiger charge is -2.28. The van der Waals surface area contributed by atoms with Crippen molar-refractivity contribution in [3.8, 4) is 17.2 Å². The predicted molar refractivity (Wildman–Crippen MR) is 123 cm³/mol. The Bertz CT molecular complexity index is 916. The van der Waals surface area contributed by atoms with Gasteiger partial charge in [-0.05, 0) is 59.2 Å². The number of carbonyl (C=O) groups excluding carboxylic acids is 1. The van der Waals surface area contributed by atoms with Gasteiger partial charge in [-0.3, -0.25) is 0 Å². The highest BCUT2D eigenvalue weighted by atomic mass is 31.2. The lowest BCUT2D eigenvalue weighted by atomic mass is 10.3. The highest BCUT2D eigenvalue weighted by Gasteiger charge is 2.27. The fourth-order valence-corrected chi connectivity index (χ4v) is 6.96. The molecule has 0 fully saturated rings. The first kappa shape index (κ1) is 21.5. The van der Waals surface area contributed by atoms with Gasteiger partial charge in [0.15, 0.2) is 0 Å². The Kier molecular flexibility index (Phi) is 6.86. The second-order valence-corrected chi connectivity index (χ2v) is 9.72. The number of rotatable bonds is 7. The Labute approximate surface area is 177 Å². The van der Waals surface area contributed by atoms with Crippen LogP contribution in [-0.2, 0) is 9.53 Å². The Morgan fingerprint density at radius 2 is 0.900 bits per heavy atom. The number of hydrogen-bond donors (Lipinski definition) is 0. The summed E-state index contributed by atoms with van der Waals surface area (Å²) in [5.74, 6) is 3.57. The lowest BCUT2D eigenvalue weighted by Crippen LogP contribution is -2.29. The van der Waals surface area contributed by atoms with Gasteiger partial charge < -0.3 is 18.9 Å². The Morgan fingerprint density at radius 3 is 1.13 bits per heavy atom. The number of methoxy groups -OCH3 is 4. The van der Waals surface area contributed by atoms with E-state index in [0.717, 1.165) is 33.2 Å². The van der Waals surface area contributed by atoms with Crippen molar-refractivity contribution in [2.45, 2.75) is 0 Å². The molecule has 0 N–H and O–H groups in total. The van der Waals surface area contributed by atoms with Crippen molar-refractivity contribution >= 4 is 34.6 Å². The molecular formula is C24H25O5P. The summed E-state index contributed by atoms with van der Waals surface area (Å²) in [6.45, 7) is -2.48. The van der Waals surface area contributed by atoms with Crippen molar-refractivity contribution in [2.75, 3.05) is 28.4 Å². The fourth-order valence-electron chi connectivity index (χ4n) is 3.33. The molecule has 0 aliphatic carbocycles. The van der Waals surface area contributed by atoms with Crippen molar-refractivity contribution in [2.24, 2.45) is 0 Å². The Hall–Kier alpha value is -3.17. The van der Waals surface area contributed by atoms with E-state index in [9.17, 15) is 4.79 Å². The molecule has 3 rings (SSSR count). The van der Waals surface area contributed by atoms with E-state index in [4.69, 9.17) is 18.9 Å². The van der Waals surface area contributed by atoms with Crippen molar-refractivity contribution in [1.82, 2.24) is 0 Å². The van der Waals surface area contributed by atoms with Crippen LogP contribution in [0.5, 0.6) is 17.2 Å². The molecule has 0 aliphatic rings. The molecule has 6 heteroatoms. The van der Waals surface area contributed by atoms with Crippen LogP contribution in [0.3, 0.4) is 0 Å². The maximum atomic E-state index is 12.6. The van der Waals surface area contributed by atoms with E-state index in [0.29, 0.717) is 0 Å². The highest BCUT2D eigenvalue weighted by molar-refractivity contribution is 7.95. The van der Waals surface area contributed by atoms with E-state index in [-0.39, 0.29) is 5.97 Å². The standard InChI is InChI=1S/C24H25O5P/c1-26-18-5-11-21(12-6-18)30(17-24(25)29-4,22-13-7-19(27-2)8-14-22)23-15-9-20(28-3)10-16-23/h5-17H,1-4H3. The zero-order valence-electron chi connectivity index (χ0n) is 17.5. The smallest absolute Gasteiger partial charge is 0.331 e. The van der Waals surface area contributed by atoms with Crippen LogP contribution >= 0.6 is 6.89 Å². The lowest BCUT2D eigenvalue weighted by molar-refractivity contribution is -0.132. The third kappa shape index (κ3) is 4.22. The van der Waals surface area contributed by atoms with Crippen LogP contribution in [-0.4, -0.2) is 40.2 Å². The maximum Gasteiger partial charge on any atom is 0.331 e. The number of ether oxygens (including phenoxy) is 4. The average Bonchev–Trinajstić information content (AvgIpc) is 2.82. The summed E-state index contributed by atoms with van der Waals surface area (Å²) in [5, 5.41) is 3.01. The molecule has 0 amide bonds. The Balaban J connectivity index is 2.36. The summed E-state index contributed by atoms with van der Waals surface area (Å²) in [5.41, 5.74) is 0. The van der Waals surface area contributed by atoms with E-state index in [2.05, 4.69) is 0 Å². The zero-order chi connectivity index (χ0) is 21.6. The van der Waals surface area contributed by atoms with E-state index in [1.807, 2.05) is 72.8 Å². The maximum absolute atomic E-state index is 12.6. The molecule has 0 aliphatic heterocycles. The normalized spacial score (nSPS) is 10.8. The molecule has 0 heterocycles. The predicted octanol–water partition coefficient (Wildman–Crippen LogP) is 2.98. The van der Waals surface area contributed by atoms with Crippen LogP contribution in [0.15, 0.2) is 72.8 Å². The van der Waals surface area contributed by atoms with Gasteiger partial charge in [-0.25, -0.2) is 4.79 Å². The van der Waals surface area contributed by atoms with Crippen LogP contribution in [0.2, 0.25) is 0 Å². The third-order valence-corrected chi connectivity index (χ3v) is 8.88. The minimum atomic E-state index is -2.48. The van der Waals surface area contributed by atoms with Crippen LogP contribution in [0.1, 0.15) is 0 Å². The highest BCUT2D eigenvalue weighted by Crippen LogP contribution is 2.44. The van der Waals surface area contributed by atoms with E-state index >= 15 is 0 Å². The van der Waals surface area contributed by atoms with Gasteiger partial charge in [-0.15, -0.1) is 0 Å². The summed E-state index contributed by atoms with van der Waals surface area (Å²) in [4.78, 5) is 12.6. The average molecular weight is 424 g/mol. The van der Waals surface area contributed by atoms with E-state index in [1.165, 1.54) is 7.11 Å². The van der Waals surface area contributed by atoms with Crippen molar-refractivity contribution in [1.29, 1.82) is 0 Å². The summed E-state index contributed by atoms with van der Waals surface area (Å²) in [7, 11) is 6.28. The zero-order valence-corrected chi connectivity index (χ0v) is 18.4. The van der Waals surface area contributed by atoms with E-state index < -0.39 is 6.89 Å². The molecule has 30 heavy (non-hydrogen) atoms. The second-order valence-electron chi connectivity index (χ2n) is 6.47.